The summed E-state index contributed by atoms with van der Waals surface area (Å²) in [5.41, 5.74) is 2.71. The van der Waals surface area contributed by atoms with Gasteiger partial charge in [0.05, 0.1) is 25.3 Å². The Kier molecular flexibility index (Phi) is 9.78. The summed E-state index contributed by atoms with van der Waals surface area (Å²) in [6.45, 7) is 2.94. The number of hydrogen-bond acceptors (Lipinski definition) is 6. The highest BCUT2D eigenvalue weighted by atomic mass is 19.1. The van der Waals surface area contributed by atoms with Gasteiger partial charge in [-0.2, -0.15) is 0 Å². The molecule has 0 fully saturated rings. The van der Waals surface area contributed by atoms with Crippen molar-refractivity contribution in [1.82, 2.24) is 20.9 Å². The maximum Gasteiger partial charge on any atom is 0.239 e. The Morgan fingerprint density at radius 1 is 1.18 bits per heavy atom. The minimum absolute atomic E-state index is 0.185. The molecule has 0 saturated carbocycles. The van der Waals surface area contributed by atoms with E-state index < -0.39 is 23.9 Å². The SMILES string of the molecule is CCc1cncc(CNC[C@@H](O)[C@@H]2Cc3cc(F)cc(c3)OCCCCC(=O)NCC(=O)N2)c1. The molecule has 34 heavy (non-hydrogen) atoms. The summed E-state index contributed by atoms with van der Waals surface area (Å²) in [5, 5.41) is 19.4. The summed E-state index contributed by atoms with van der Waals surface area (Å²) < 4.78 is 19.8. The number of aliphatic hydroxyl groups is 1. The molecular weight excluding hydrogens is 439 g/mol. The van der Waals surface area contributed by atoms with Gasteiger partial charge in [-0.3, -0.25) is 14.6 Å². The second-order valence-corrected chi connectivity index (χ2v) is 8.51. The van der Waals surface area contributed by atoms with Crippen LogP contribution in [0.1, 0.15) is 42.9 Å². The fraction of sp³-hybridized carbons (Fsp3) is 0.480. The lowest BCUT2D eigenvalue weighted by molar-refractivity contribution is -0.126. The van der Waals surface area contributed by atoms with Crippen LogP contribution in [0.3, 0.4) is 0 Å². The quantitative estimate of drug-likeness (QED) is 0.509. The molecule has 0 saturated heterocycles. The van der Waals surface area contributed by atoms with Crippen molar-refractivity contribution in [2.75, 3.05) is 19.7 Å². The van der Waals surface area contributed by atoms with E-state index in [0.29, 0.717) is 37.3 Å². The predicted octanol–water partition coefficient (Wildman–Crippen LogP) is 1.64. The number of benzene rings is 1. The zero-order valence-corrected chi connectivity index (χ0v) is 19.5. The zero-order chi connectivity index (χ0) is 24.3. The van der Waals surface area contributed by atoms with E-state index in [4.69, 9.17) is 4.74 Å². The third-order valence-electron chi connectivity index (χ3n) is 5.65. The maximum atomic E-state index is 14.2. The molecule has 8 nitrogen and oxygen atoms in total. The number of rotatable bonds is 6. The molecule has 0 unspecified atom stereocenters. The number of nitrogens with one attached hydrogen (secondary N) is 3. The highest BCUT2D eigenvalue weighted by Gasteiger charge is 2.23. The Morgan fingerprint density at radius 2 is 2.00 bits per heavy atom. The molecule has 9 heteroatoms. The van der Waals surface area contributed by atoms with Crippen LogP contribution in [0.4, 0.5) is 4.39 Å². The van der Waals surface area contributed by atoms with Gasteiger partial charge in [0.1, 0.15) is 11.6 Å². The van der Waals surface area contributed by atoms with Gasteiger partial charge < -0.3 is 25.8 Å². The number of nitrogens with zero attached hydrogens (tertiary/aromatic N) is 1. The van der Waals surface area contributed by atoms with Crippen LogP contribution in [-0.4, -0.2) is 53.7 Å². The van der Waals surface area contributed by atoms with Crippen LogP contribution in [0.25, 0.3) is 0 Å². The highest BCUT2D eigenvalue weighted by Crippen LogP contribution is 2.19. The number of halogens is 1. The molecule has 2 aromatic rings. The van der Waals surface area contributed by atoms with Crippen molar-refractivity contribution >= 4 is 11.8 Å². The number of amides is 2. The Balaban J connectivity index is 1.69. The summed E-state index contributed by atoms with van der Waals surface area (Å²) >= 11 is 0. The normalized spacial score (nSPS) is 18.6. The first-order chi connectivity index (χ1) is 16.4. The van der Waals surface area contributed by atoms with Gasteiger partial charge in [0, 0.05) is 38.0 Å². The lowest BCUT2D eigenvalue weighted by Gasteiger charge is -2.25. The fourth-order valence-electron chi connectivity index (χ4n) is 3.80. The number of ether oxygens (including phenoxy) is 1. The van der Waals surface area contributed by atoms with E-state index in [2.05, 4.69) is 33.9 Å². The molecule has 4 N–H and O–H groups in total. The first-order valence-electron chi connectivity index (χ1n) is 11.7. The van der Waals surface area contributed by atoms with Crippen molar-refractivity contribution in [3.8, 4) is 5.75 Å². The van der Waals surface area contributed by atoms with Crippen LogP contribution in [0, 0.1) is 5.82 Å². The minimum Gasteiger partial charge on any atom is -0.493 e. The number of pyridine rings is 1. The van der Waals surface area contributed by atoms with Gasteiger partial charge in [0.25, 0.3) is 0 Å². The second-order valence-electron chi connectivity index (χ2n) is 8.51. The molecule has 2 heterocycles. The van der Waals surface area contributed by atoms with Gasteiger partial charge in [0.2, 0.25) is 11.8 Å². The van der Waals surface area contributed by atoms with Gasteiger partial charge in [0.15, 0.2) is 0 Å². The van der Waals surface area contributed by atoms with E-state index in [1.54, 1.807) is 12.3 Å². The Hall–Kier alpha value is -3.04. The van der Waals surface area contributed by atoms with Crippen LogP contribution in [-0.2, 0) is 29.0 Å². The van der Waals surface area contributed by atoms with Crippen LogP contribution < -0.4 is 20.7 Å². The number of aliphatic hydroxyl groups excluding tert-OH is 1. The average Bonchev–Trinajstić information content (AvgIpc) is 2.81. The first-order valence-corrected chi connectivity index (χ1v) is 11.7. The topological polar surface area (TPSA) is 113 Å². The van der Waals surface area contributed by atoms with Crippen molar-refractivity contribution in [1.29, 1.82) is 0 Å². The summed E-state index contributed by atoms with van der Waals surface area (Å²) in [7, 11) is 0. The molecule has 1 aliphatic rings. The number of hydrogen-bond donors (Lipinski definition) is 4. The van der Waals surface area contributed by atoms with Gasteiger partial charge in [-0.05, 0) is 54.5 Å². The molecule has 1 aromatic carbocycles. The van der Waals surface area contributed by atoms with Crippen LogP contribution >= 0.6 is 0 Å². The van der Waals surface area contributed by atoms with Crippen LogP contribution in [0.15, 0.2) is 36.7 Å². The Labute approximate surface area is 199 Å². The smallest absolute Gasteiger partial charge is 0.239 e. The Morgan fingerprint density at radius 3 is 2.82 bits per heavy atom. The van der Waals surface area contributed by atoms with Gasteiger partial charge in [-0.25, -0.2) is 4.39 Å². The summed E-state index contributed by atoms with van der Waals surface area (Å²) in [6.07, 6.45) is 5.22. The second kappa shape index (κ2) is 13.0. The van der Waals surface area contributed by atoms with Gasteiger partial charge in [-0.15, -0.1) is 0 Å². The fourth-order valence-corrected chi connectivity index (χ4v) is 3.80. The average molecular weight is 473 g/mol. The monoisotopic (exact) mass is 472 g/mol. The minimum atomic E-state index is -0.953. The lowest BCUT2D eigenvalue weighted by Crippen LogP contribution is -2.51. The van der Waals surface area contributed by atoms with Crippen molar-refractivity contribution in [2.24, 2.45) is 0 Å². The number of carbonyl (C=O) groups is 2. The molecule has 2 bridgehead atoms. The number of fused-ring (bicyclic) bond motifs is 2. The van der Waals surface area contributed by atoms with Crippen molar-refractivity contribution < 1.29 is 23.8 Å². The van der Waals surface area contributed by atoms with E-state index >= 15 is 0 Å². The molecule has 184 valence electrons. The predicted molar refractivity (Wildman–Crippen MR) is 126 cm³/mol. The first kappa shape index (κ1) is 25.6. The van der Waals surface area contributed by atoms with Crippen molar-refractivity contribution in [3.05, 3.63) is 59.2 Å². The molecular formula is C25H33FN4O4. The van der Waals surface area contributed by atoms with Crippen molar-refractivity contribution in [2.45, 2.75) is 57.7 Å². The van der Waals surface area contributed by atoms with E-state index in [1.807, 2.05) is 6.20 Å². The molecule has 1 aromatic heterocycles. The highest BCUT2D eigenvalue weighted by molar-refractivity contribution is 5.84. The summed E-state index contributed by atoms with van der Waals surface area (Å²) in [4.78, 5) is 28.6. The maximum absolute atomic E-state index is 14.2. The largest absolute Gasteiger partial charge is 0.493 e. The zero-order valence-electron chi connectivity index (χ0n) is 19.5. The standard InChI is InChI=1S/C25H33FN4O4/c1-2-17-7-19(13-27-12-17)14-28-15-23(31)22-10-18-8-20(26)11-21(9-18)34-6-4-3-5-24(32)29-16-25(33)30-22/h7-9,11-13,22-23,28,31H,2-6,10,14-16H2,1H3,(H,29,32)(H,30,33)/t22-,23+/m0/s1. The summed E-state index contributed by atoms with van der Waals surface area (Å²) in [5.74, 6) is -0.705. The van der Waals surface area contributed by atoms with Gasteiger partial charge in [-0.1, -0.05) is 13.0 Å². The van der Waals surface area contributed by atoms with Gasteiger partial charge >= 0.3 is 0 Å². The molecule has 1 aliphatic heterocycles. The lowest BCUT2D eigenvalue weighted by atomic mass is 10.00. The molecule has 0 spiro atoms. The molecule has 2 atom stereocenters. The number of aromatic nitrogens is 1. The molecule has 0 aliphatic carbocycles. The van der Waals surface area contributed by atoms with E-state index in [-0.39, 0.29) is 31.8 Å². The van der Waals surface area contributed by atoms with Crippen LogP contribution in [0.5, 0.6) is 5.75 Å². The molecule has 3 rings (SSSR count). The Bertz CT molecular complexity index is 972. The van der Waals surface area contributed by atoms with Crippen LogP contribution in [0.2, 0.25) is 0 Å². The molecule has 2 amide bonds. The van der Waals surface area contributed by atoms with E-state index in [1.165, 1.54) is 12.1 Å². The summed E-state index contributed by atoms with van der Waals surface area (Å²) in [6, 6.07) is 5.74. The third-order valence-corrected chi connectivity index (χ3v) is 5.65. The molecule has 0 radical (unpaired) electrons. The number of aryl methyl sites for hydroxylation is 1. The van der Waals surface area contributed by atoms with E-state index in [0.717, 1.165) is 17.5 Å². The third kappa shape index (κ3) is 8.39. The van der Waals surface area contributed by atoms with Crippen molar-refractivity contribution in [3.63, 3.8) is 0 Å². The van der Waals surface area contributed by atoms with E-state index in [9.17, 15) is 19.1 Å². The number of carbonyl (C=O) groups excluding carboxylic acids is 2.